The van der Waals surface area contributed by atoms with Gasteiger partial charge in [-0.15, -0.1) is 11.3 Å². The van der Waals surface area contributed by atoms with Crippen LogP contribution in [0, 0.1) is 5.82 Å². The summed E-state index contributed by atoms with van der Waals surface area (Å²) in [6.07, 6.45) is 2.74. The van der Waals surface area contributed by atoms with Gasteiger partial charge in [0.1, 0.15) is 10.7 Å². The first kappa shape index (κ1) is 22.2. The molecule has 0 amide bonds. The summed E-state index contributed by atoms with van der Waals surface area (Å²) in [6.45, 7) is 2.66. The monoisotopic (exact) mass is 463 g/mol. The zero-order valence-corrected chi connectivity index (χ0v) is 17.9. The summed E-state index contributed by atoms with van der Waals surface area (Å²) < 4.78 is 41.4. The van der Waals surface area contributed by atoms with Gasteiger partial charge in [-0.1, -0.05) is 11.6 Å². The van der Waals surface area contributed by atoms with Crippen LogP contribution < -0.4 is 20.7 Å². The molecule has 2 aromatic rings. The predicted molar refractivity (Wildman–Crippen MR) is 113 cm³/mol. The number of aliphatic hydroxyl groups excluding tert-OH is 1. The average Bonchev–Trinajstić information content (AvgIpc) is 3.31. The molecular weight excluding hydrogens is 441 g/mol. The highest BCUT2D eigenvalue weighted by Crippen LogP contribution is 2.29. The fourth-order valence-electron chi connectivity index (χ4n) is 2.95. The van der Waals surface area contributed by atoms with Crippen LogP contribution in [0.4, 0.5) is 15.2 Å². The van der Waals surface area contributed by atoms with E-state index in [-0.39, 0.29) is 22.3 Å². The molecule has 5 N–H and O–H groups in total. The highest BCUT2D eigenvalue weighted by molar-refractivity contribution is 7.93. The minimum absolute atomic E-state index is 0.0685. The lowest BCUT2D eigenvalue weighted by molar-refractivity contribution is 0.163. The number of anilines is 2. The van der Waals surface area contributed by atoms with E-state index in [1.54, 1.807) is 5.38 Å². The van der Waals surface area contributed by atoms with E-state index in [0.29, 0.717) is 18.8 Å². The van der Waals surface area contributed by atoms with Crippen LogP contribution in [0.3, 0.4) is 0 Å². The fourth-order valence-corrected chi connectivity index (χ4v) is 5.12. The molecule has 0 unspecified atom stereocenters. The number of unbranched alkanes of at least 4 members (excludes halogenated alkanes) is 1. The van der Waals surface area contributed by atoms with Crippen molar-refractivity contribution in [1.29, 1.82) is 0 Å². The van der Waals surface area contributed by atoms with Gasteiger partial charge in [-0.05, 0) is 31.5 Å². The van der Waals surface area contributed by atoms with Gasteiger partial charge in [-0.25, -0.2) is 17.8 Å². The standard InChI is InChI=1S/C17H23ClFN5O3S2/c18-11-7-16(29(26,27)24-17-23-5-6-28-17)12(19)8-13(11)21-3-1-2-4-22-14-9-20-10-15(14)25/h5-8,14-15,20-22,25H,1-4,9-10H2,(H,23,24)/t14-,15-/m0/s1. The molecule has 0 bridgehead atoms. The number of nitrogens with zero attached hydrogens (tertiary/aromatic N) is 1. The van der Waals surface area contributed by atoms with Gasteiger partial charge in [0.25, 0.3) is 10.0 Å². The van der Waals surface area contributed by atoms with Crippen molar-refractivity contribution in [1.82, 2.24) is 15.6 Å². The highest BCUT2D eigenvalue weighted by Gasteiger charge is 2.24. The Balaban J connectivity index is 1.50. The quantitative estimate of drug-likeness (QED) is 0.341. The Kier molecular flexibility index (Phi) is 7.66. The molecule has 8 nitrogen and oxygen atoms in total. The summed E-state index contributed by atoms with van der Waals surface area (Å²) in [5.74, 6) is -0.898. The molecule has 1 saturated heterocycles. The summed E-state index contributed by atoms with van der Waals surface area (Å²) in [5.41, 5.74) is 0.334. The molecule has 0 spiro atoms. The van der Waals surface area contributed by atoms with Gasteiger partial charge in [0, 0.05) is 37.3 Å². The van der Waals surface area contributed by atoms with Gasteiger partial charge in [-0.2, -0.15) is 0 Å². The van der Waals surface area contributed by atoms with Crippen molar-refractivity contribution in [3.63, 3.8) is 0 Å². The molecule has 29 heavy (non-hydrogen) atoms. The van der Waals surface area contributed by atoms with Gasteiger partial charge < -0.3 is 21.1 Å². The second-order valence-electron chi connectivity index (χ2n) is 6.63. The van der Waals surface area contributed by atoms with Crippen LogP contribution in [-0.2, 0) is 10.0 Å². The number of sulfonamides is 1. The lowest BCUT2D eigenvalue weighted by atomic mass is 10.2. The summed E-state index contributed by atoms with van der Waals surface area (Å²) in [4.78, 5) is 3.30. The number of thiazole rings is 1. The van der Waals surface area contributed by atoms with Gasteiger partial charge >= 0.3 is 0 Å². The molecule has 2 heterocycles. The van der Waals surface area contributed by atoms with Crippen LogP contribution in [0.5, 0.6) is 0 Å². The number of hydrogen-bond acceptors (Lipinski definition) is 8. The molecule has 160 valence electrons. The Hall–Kier alpha value is -1.50. The van der Waals surface area contributed by atoms with Gasteiger partial charge in [0.2, 0.25) is 0 Å². The van der Waals surface area contributed by atoms with E-state index in [0.717, 1.165) is 49.4 Å². The Labute approximate surface area is 177 Å². The first-order chi connectivity index (χ1) is 13.9. The van der Waals surface area contributed by atoms with Crippen molar-refractivity contribution < 1.29 is 17.9 Å². The predicted octanol–water partition coefficient (Wildman–Crippen LogP) is 1.85. The number of rotatable bonds is 10. The number of aromatic nitrogens is 1. The number of hydrogen-bond donors (Lipinski definition) is 5. The van der Waals surface area contributed by atoms with Crippen LogP contribution in [0.2, 0.25) is 5.02 Å². The van der Waals surface area contributed by atoms with Crippen LogP contribution >= 0.6 is 22.9 Å². The van der Waals surface area contributed by atoms with E-state index in [1.165, 1.54) is 6.20 Å². The zero-order valence-electron chi connectivity index (χ0n) is 15.5. The molecule has 1 aromatic heterocycles. The number of nitrogens with one attached hydrogen (secondary N) is 4. The van der Waals surface area contributed by atoms with Crippen molar-refractivity contribution in [2.45, 2.75) is 29.9 Å². The summed E-state index contributed by atoms with van der Waals surface area (Å²) in [5, 5.41) is 21.0. The lowest BCUT2D eigenvalue weighted by Gasteiger charge is -2.15. The molecule has 1 aromatic carbocycles. The van der Waals surface area contributed by atoms with Crippen molar-refractivity contribution >= 4 is 43.8 Å². The molecule has 1 aliphatic rings. The molecule has 12 heteroatoms. The normalized spacial score (nSPS) is 19.4. The molecule has 0 radical (unpaired) electrons. The van der Waals surface area contributed by atoms with Crippen molar-refractivity contribution in [3.8, 4) is 0 Å². The molecule has 1 aliphatic heterocycles. The van der Waals surface area contributed by atoms with Crippen molar-refractivity contribution in [2.24, 2.45) is 0 Å². The van der Waals surface area contributed by atoms with Crippen LogP contribution in [0.1, 0.15) is 12.8 Å². The second-order valence-corrected chi connectivity index (χ2v) is 9.58. The second kappa shape index (κ2) is 10.0. The summed E-state index contributed by atoms with van der Waals surface area (Å²) >= 11 is 7.24. The van der Waals surface area contributed by atoms with Crippen molar-refractivity contribution in [2.75, 3.05) is 36.2 Å². The van der Waals surface area contributed by atoms with Crippen LogP contribution in [-0.4, -0.2) is 56.8 Å². The Morgan fingerprint density at radius 3 is 2.79 bits per heavy atom. The Bertz CT molecular complexity index is 914. The highest BCUT2D eigenvalue weighted by atomic mass is 35.5. The molecule has 0 aliphatic carbocycles. The first-order valence-electron chi connectivity index (χ1n) is 9.14. The number of aliphatic hydroxyl groups is 1. The maximum Gasteiger partial charge on any atom is 0.266 e. The fraction of sp³-hybridized carbons (Fsp3) is 0.471. The van der Waals surface area contributed by atoms with Gasteiger partial charge in [0.15, 0.2) is 5.13 Å². The Morgan fingerprint density at radius 1 is 1.31 bits per heavy atom. The molecule has 1 fully saturated rings. The molecule has 2 atom stereocenters. The number of β-amino-alcohol motifs (C(OH)–C–C–N with tert-alkyl or cyclic N) is 1. The minimum atomic E-state index is -4.12. The van der Waals surface area contributed by atoms with E-state index in [9.17, 15) is 17.9 Å². The lowest BCUT2D eigenvalue weighted by Crippen LogP contribution is -2.39. The third-order valence-electron chi connectivity index (χ3n) is 4.47. The van der Waals surface area contributed by atoms with Gasteiger partial charge in [-0.3, -0.25) is 4.72 Å². The van der Waals surface area contributed by atoms with E-state index in [1.807, 2.05) is 0 Å². The van der Waals surface area contributed by atoms with Crippen LogP contribution in [0.25, 0.3) is 0 Å². The van der Waals surface area contributed by atoms with E-state index in [4.69, 9.17) is 11.6 Å². The van der Waals surface area contributed by atoms with E-state index >= 15 is 0 Å². The molecule has 3 rings (SSSR count). The SMILES string of the molecule is O=S(=O)(Nc1nccs1)c1cc(Cl)c(NCCCCN[C@H]2CNC[C@@H]2O)cc1F. The third kappa shape index (κ3) is 6.00. The third-order valence-corrected chi connectivity index (χ3v) is 6.96. The summed E-state index contributed by atoms with van der Waals surface area (Å²) in [6, 6.07) is 2.24. The van der Waals surface area contributed by atoms with Gasteiger partial charge in [0.05, 0.1) is 16.8 Å². The van der Waals surface area contributed by atoms with Crippen molar-refractivity contribution in [3.05, 3.63) is 34.5 Å². The first-order valence-corrected chi connectivity index (χ1v) is 11.9. The number of benzene rings is 1. The summed E-state index contributed by atoms with van der Waals surface area (Å²) in [7, 11) is -4.12. The minimum Gasteiger partial charge on any atom is -0.390 e. The smallest absolute Gasteiger partial charge is 0.266 e. The maximum atomic E-state index is 14.4. The topological polar surface area (TPSA) is 115 Å². The van der Waals surface area contributed by atoms with Crippen LogP contribution in [0.15, 0.2) is 28.6 Å². The Morgan fingerprint density at radius 2 is 2.10 bits per heavy atom. The van der Waals surface area contributed by atoms with E-state index in [2.05, 4.69) is 25.7 Å². The average molecular weight is 464 g/mol. The molecule has 0 saturated carbocycles. The van der Waals surface area contributed by atoms with E-state index < -0.39 is 20.7 Å². The molecular formula is C17H23ClFN5O3S2. The maximum absolute atomic E-state index is 14.4. The largest absolute Gasteiger partial charge is 0.390 e. The zero-order chi connectivity index (χ0) is 20.9. The number of halogens is 2.